The zero-order valence-electron chi connectivity index (χ0n) is 15.9. The predicted octanol–water partition coefficient (Wildman–Crippen LogP) is 3.60. The van der Waals surface area contributed by atoms with Crippen molar-refractivity contribution in [3.8, 4) is 11.5 Å². The van der Waals surface area contributed by atoms with Crippen molar-refractivity contribution in [3.05, 3.63) is 42.7 Å². The molecule has 0 bridgehead atoms. The van der Waals surface area contributed by atoms with Crippen LogP contribution in [0.5, 0.6) is 0 Å². The van der Waals surface area contributed by atoms with E-state index in [1.54, 1.807) is 42.7 Å². The van der Waals surface area contributed by atoms with Crippen LogP contribution in [-0.2, 0) is 9.53 Å². The van der Waals surface area contributed by atoms with Crippen LogP contribution in [-0.4, -0.2) is 35.1 Å². The van der Waals surface area contributed by atoms with Crippen LogP contribution in [0.2, 0.25) is 0 Å². The molecular formula is C20H22N4O4. The molecule has 0 aliphatic heterocycles. The summed E-state index contributed by atoms with van der Waals surface area (Å²) in [6.45, 7) is 3.93. The zero-order valence-corrected chi connectivity index (χ0v) is 15.9. The smallest absolute Gasteiger partial charge is 0.328 e. The number of carbonyl (C=O) groups excluding carboxylic acids is 2. The van der Waals surface area contributed by atoms with Gasteiger partial charge in [0.2, 0.25) is 5.89 Å². The molecule has 0 fully saturated rings. The number of oxazole rings is 1. The van der Waals surface area contributed by atoms with Crippen molar-refractivity contribution >= 4 is 28.8 Å². The number of benzene rings is 1. The third-order valence-electron chi connectivity index (χ3n) is 4.07. The van der Waals surface area contributed by atoms with E-state index in [1.807, 2.05) is 13.8 Å². The lowest BCUT2D eigenvalue weighted by Crippen LogP contribution is -2.44. The first kappa shape index (κ1) is 19.3. The maximum Gasteiger partial charge on any atom is 0.328 e. The highest BCUT2D eigenvalue weighted by atomic mass is 16.5. The van der Waals surface area contributed by atoms with Crippen LogP contribution < -0.4 is 10.6 Å². The van der Waals surface area contributed by atoms with E-state index in [0.717, 1.165) is 5.56 Å². The van der Waals surface area contributed by atoms with E-state index >= 15 is 0 Å². The number of aromatic nitrogens is 2. The number of carbonyl (C=O) groups is 2. The summed E-state index contributed by atoms with van der Waals surface area (Å²) in [7, 11) is 1.30. The van der Waals surface area contributed by atoms with Crippen molar-refractivity contribution in [3.63, 3.8) is 0 Å². The van der Waals surface area contributed by atoms with Crippen molar-refractivity contribution in [2.24, 2.45) is 5.92 Å². The van der Waals surface area contributed by atoms with Gasteiger partial charge in [0.15, 0.2) is 5.58 Å². The van der Waals surface area contributed by atoms with Crippen molar-refractivity contribution in [2.75, 3.05) is 12.4 Å². The predicted molar refractivity (Wildman–Crippen MR) is 105 cm³/mol. The van der Waals surface area contributed by atoms with E-state index in [0.29, 0.717) is 29.1 Å². The van der Waals surface area contributed by atoms with Gasteiger partial charge < -0.3 is 19.8 Å². The number of rotatable bonds is 6. The molecule has 1 unspecified atom stereocenters. The number of hydrogen-bond donors (Lipinski definition) is 2. The largest absolute Gasteiger partial charge is 0.467 e. The Hall–Kier alpha value is -3.42. The van der Waals surface area contributed by atoms with Crippen LogP contribution >= 0.6 is 0 Å². The van der Waals surface area contributed by atoms with Gasteiger partial charge in [-0.3, -0.25) is 4.98 Å². The van der Waals surface area contributed by atoms with Gasteiger partial charge in [-0.2, -0.15) is 0 Å². The summed E-state index contributed by atoms with van der Waals surface area (Å²) in [5.74, 6) is 0.224. The second-order valence-electron chi connectivity index (χ2n) is 6.74. The van der Waals surface area contributed by atoms with Gasteiger partial charge in [0.1, 0.15) is 11.6 Å². The van der Waals surface area contributed by atoms with Gasteiger partial charge in [-0.1, -0.05) is 13.8 Å². The van der Waals surface area contributed by atoms with Gasteiger partial charge >= 0.3 is 12.0 Å². The number of urea groups is 1. The molecule has 2 heterocycles. The monoisotopic (exact) mass is 382 g/mol. The molecule has 0 radical (unpaired) electrons. The van der Waals surface area contributed by atoms with E-state index in [2.05, 4.69) is 20.6 Å². The fourth-order valence-electron chi connectivity index (χ4n) is 2.78. The second-order valence-corrected chi connectivity index (χ2v) is 6.74. The van der Waals surface area contributed by atoms with Gasteiger partial charge in [-0.05, 0) is 42.7 Å². The molecule has 146 valence electrons. The number of esters is 1. The van der Waals surface area contributed by atoms with Gasteiger partial charge in [0.25, 0.3) is 0 Å². The summed E-state index contributed by atoms with van der Waals surface area (Å²) < 4.78 is 10.5. The molecule has 1 atom stereocenters. The number of methoxy groups -OCH3 is 1. The molecule has 0 aliphatic carbocycles. The molecule has 2 amide bonds. The number of fused-ring (bicyclic) bond motifs is 1. The summed E-state index contributed by atoms with van der Waals surface area (Å²) in [5, 5.41) is 5.37. The summed E-state index contributed by atoms with van der Waals surface area (Å²) in [4.78, 5) is 32.6. The van der Waals surface area contributed by atoms with Gasteiger partial charge in [0.05, 0.1) is 7.11 Å². The lowest BCUT2D eigenvalue weighted by Gasteiger charge is -2.18. The zero-order chi connectivity index (χ0) is 20.1. The fraction of sp³-hybridized carbons (Fsp3) is 0.300. The summed E-state index contributed by atoms with van der Waals surface area (Å²) in [6, 6.07) is 7.55. The Morgan fingerprint density at radius 2 is 1.93 bits per heavy atom. The molecule has 1 aromatic carbocycles. The highest BCUT2D eigenvalue weighted by Gasteiger charge is 2.22. The number of ether oxygens (including phenoxy) is 1. The standard InChI is InChI=1S/C20H22N4O4/c1-12(2)10-16(19(25)27-3)24-20(26)22-14-4-5-17-15(11-14)23-18(28-17)13-6-8-21-9-7-13/h4-9,11-12,16H,10H2,1-3H3,(H2,22,24,26). The SMILES string of the molecule is COC(=O)C(CC(C)C)NC(=O)Nc1ccc2oc(-c3ccncc3)nc2c1. The molecule has 2 aromatic heterocycles. The van der Waals surface area contributed by atoms with Crippen LogP contribution in [0, 0.1) is 5.92 Å². The second kappa shape index (κ2) is 8.51. The summed E-state index contributed by atoms with van der Waals surface area (Å²) in [5.41, 5.74) is 2.56. The molecule has 3 rings (SSSR count). The van der Waals surface area contributed by atoms with Gasteiger partial charge in [0, 0.05) is 23.6 Å². The average molecular weight is 382 g/mol. The molecule has 2 N–H and O–H groups in total. The Balaban J connectivity index is 1.73. The summed E-state index contributed by atoms with van der Waals surface area (Å²) in [6.07, 6.45) is 3.81. The fourth-order valence-corrected chi connectivity index (χ4v) is 2.78. The number of nitrogens with zero attached hydrogens (tertiary/aromatic N) is 2. The number of anilines is 1. The molecule has 0 spiro atoms. The van der Waals surface area contributed by atoms with E-state index in [-0.39, 0.29) is 5.92 Å². The Bertz CT molecular complexity index is 969. The highest BCUT2D eigenvalue weighted by Crippen LogP contribution is 2.25. The average Bonchev–Trinajstić information content (AvgIpc) is 3.10. The third kappa shape index (κ3) is 4.64. The van der Waals surface area contributed by atoms with Crippen molar-refractivity contribution in [1.29, 1.82) is 0 Å². The number of hydrogen-bond acceptors (Lipinski definition) is 6. The first-order valence-electron chi connectivity index (χ1n) is 8.92. The number of nitrogens with one attached hydrogen (secondary N) is 2. The lowest BCUT2D eigenvalue weighted by molar-refractivity contribution is -0.143. The summed E-state index contributed by atoms with van der Waals surface area (Å²) >= 11 is 0. The lowest BCUT2D eigenvalue weighted by atomic mass is 10.0. The van der Waals surface area contributed by atoms with Crippen LogP contribution in [0.25, 0.3) is 22.6 Å². The number of pyridine rings is 1. The minimum atomic E-state index is -0.709. The topological polar surface area (TPSA) is 106 Å². The van der Waals surface area contributed by atoms with E-state index in [4.69, 9.17) is 9.15 Å². The highest BCUT2D eigenvalue weighted by molar-refractivity contribution is 5.94. The van der Waals surface area contributed by atoms with Crippen LogP contribution in [0.3, 0.4) is 0 Å². The first-order chi connectivity index (χ1) is 13.5. The van der Waals surface area contributed by atoms with Crippen molar-refractivity contribution < 1.29 is 18.7 Å². The van der Waals surface area contributed by atoms with E-state index in [1.165, 1.54) is 7.11 Å². The maximum atomic E-state index is 12.3. The number of amides is 2. The van der Waals surface area contributed by atoms with E-state index < -0.39 is 18.0 Å². The van der Waals surface area contributed by atoms with Gasteiger partial charge in [-0.25, -0.2) is 14.6 Å². The Kier molecular flexibility index (Phi) is 5.88. The first-order valence-corrected chi connectivity index (χ1v) is 8.92. The van der Waals surface area contributed by atoms with Crippen LogP contribution in [0.1, 0.15) is 20.3 Å². The van der Waals surface area contributed by atoms with E-state index in [9.17, 15) is 9.59 Å². The molecule has 8 heteroatoms. The normalized spacial score (nSPS) is 12.0. The quantitative estimate of drug-likeness (QED) is 0.631. The molecule has 8 nitrogen and oxygen atoms in total. The molecule has 0 saturated carbocycles. The molecule has 0 aliphatic rings. The van der Waals surface area contributed by atoms with Crippen LogP contribution in [0.15, 0.2) is 47.1 Å². The van der Waals surface area contributed by atoms with Gasteiger partial charge in [-0.15, -0.1) is 0 Å². The Morgan fingerprint density at radius 1 is 1.18 bits per heavy atom. The molecular weight excluding hydrogens is 360 g/mol. The maximum absolute atomic E-state index is 12.3. The third-order valence-corrected chi connectivity index (χ3v) is 4.07. The minimum absolute atomic E-state index is 0.225. The molecule has 3 aromatic rings. The van der Waals surface area contributed by atoms with Crippen molar-refractivity contribution in [2.45, 2.75) is 26.3 Å². The Labute approximate surface area is 162 Å². The van der Waals surface area contributed by atoms with Crippen molar-refractivity contribution in [1.82, 2.24) is 15.3 Å². The Morgan fingerprint density at radius 3 is 2.61 bits per heavy atom. The minimum Gasteiger partial charge on any atom is -0.467 e. The van der Waals surface area contributed by atoms with Crippen LogP contribution in [0.4, 0.5) is 10.5 Å². The molecule has 0 saturated heterocycles. The molecule has 28 heavy (non-hydrogen) atoms.